The molecular formula is C18H29N3O2. The predicted molar refractivity (Wildman–Crippen MR) is 90.8 cm³/mol. The van der Waals surface area contributed by atoms with E-state index in [9.17, 15) is 4.79 Å². The van der Waals surface area contributed by atoms with Gasteiger partial charge in [-0.2, -0.15) is 0 Å². The number of nitrogens with zero attached hydrogens (tertiary/aromatic N) is 2. The van der Waals surface area contributed by atoms with Crippen molar-refractivity contribution in [2.45, 2.75) is 32.6 Å². The monoisotopic (exact) mass is 319 g/mol. The van der Waals surface area contributed by atoms with Crippen molar-refractivity contribution in [2.75, 3.05) is 45.9 Å². The summed E-state index contributed by atoms with van der Waals surface area (Å²) >= 11 is 0. The molecule has 1 unspecified atom stereocenters. The minimum absolute atomic E-state index is 0.196. The summed E-state index contributed by atoms with van der Waals surface area (Å²) in [5.74, 6) is 1.13. The second kappa shape index (κ2) is 7.49. The second-order valence-corrected chi connectivity index (χ2v) is 7.13. The molecule has 0 saturated carbocycles. The lowest BCUT2D eigenvalue weighted by atomic mass is 9.96. The molecule has 1 aromatic rings. The van der Waals surface area contributed by atoms with E-state index < -0.39 is 0 Å². The van der Waals surface area contributed by atoms with Gasteiger partial charge in [0, 0.05) is 44.6 Å². The maximum Gasteiger partial charge on any atom is 0.255 e. The number of hydrogen-bond acceptors (Lipinski definition) is 3. The molecule has 2 fully saturated rings. The van der Waals surface area contributed by atoms with Crippen LogP contribution in [0.1, 0.15) is 48.7 Å². The highest BCUT2D eigenvalue weighted by atomic mass is 16.5. The van der Waals surface area contributed by atoms with E-state index in [-0.39, 0.29) is 5.91 Å². The minimum Gasteiger partial charge on any atom is -0.379 e. The molecule has 0 aliphatic carbocycles. The normalized spacial score (nSPS) is 23.4. The summed E-state index contributed by atoms with van der Waals surface area (Å²) in [4.78, 5) is 20.7. The summed E-state index contributed by atoms with van der Waals surface area (Å²) in [5, 5.41) is 0. The molecule has 1 amide bonds. The van der Waals surface area contributed by atoms with Gasteiger partial charge in [0.15, 0.2) is 0 Å². The molecule has 5 heteroatoms. The van der Waals surface area contributed by atoms with Crippen molar-refractivity contribution in [1.82, 2.24) is 14.8 Å². The molecule has 1 aromatic heterocycles. The number of piperidine rings is 1. The highest BCUT2D eigenvalue weighted by Crippen LogP contribution is 2.23. The summed E-state index contributed by atoms with van der Waals surface area (Å²) in [5.41, 5.74) is 1.91. The lowest BCUT2D eigenvalue weighted by Gasteiger charge is -2.37. The third kappa shape index (κ3) is 3.96. The zero-order chi connectivity index (χ0) is 16.2. The van der Waals surface area contributed by atoms with E-state index >= 15 is 0 Å². The molecule has 0 spiro atoms. The van der Waals surface area contributed by atoms with Gasteiger partial charge in [0.2, 0.25) is 0 Å². The Hall–Kier alpha value is -1.33. The van der Waals surface area contributed by atoms with Crippen molar-refractivity contribution in [3.05, 3.63) is 23.5 Å². The number of carbonyl (C=O) groups excluding carboxylic acids is 1. The highest BCUT2D eigenvalue weighted by molar-refractivity contribution is 5.95. The van der Waals surface area contributed by atoms with Crippen LogP contribution < -0.4 is 0 Å². The quantitative estimate of drug-likeness (QED) is 0.926. The van der Waals surface area contributed by atoms with Crippen LogP contribution in [0.15, 0.2) is 12.3 Å². The van der Waals surface area contributed by atoms with Gasteiger partial charge in [0.05, 0.1) is 18.8 Å². The predicted octanol–water partition coefficient (Wildman–Crippen LogP) is 2.32. The summed E-state index contributed by atoms with van der Waals surface area (Å²) in [6.07, 6.45) is 4.23. The first-order valence-electron chi connectivity index (χ1n) is 8.92. The standard InChI is InChI=1S/C18H29N3O2/c1-14(2)17-16(5-6-19-17)18(22)21-7-3-4-15(13-21)12-20-8-10-23-11-9-20/h5-6,14-15,19H,3-4,7-13H2,1-2H3. The van der Waals surface area contributed by atoms with E-state index in [1.54, 1.807) is 0 Å². The number of aromatic amines is 1. The van der Waals surface area contributed by atoms with E-state index in [0.717, 1.165) is 63.6 Å². The number of H-pyrrole nitrogens is 1. The van der Waals surface area contributed by atoms with Crippen molar-refractivity contribution in [2.24, 2.45) is 5.92 Å². The number of aromatic nitrogens is 1. The molecule has 0 bridgehead atoms. The molecule has 3 heterocycles. The summed E-state index contributed by atoms with van der Waals surface area (Å²) in [7, 11) is 0. The fourth-order valence-electron chi connectivity index (χ4n) is 3.76. The van der Waals surface area contributed by atoms with Gasteiger partial charge in [0.25, 0.3) is 5.91 Å². The zero-order valence-electron chi connectivity index (χ0n) is 14.4. The molecule has 23 heavy (non-hydrogen) atoms. The number of carbonyl (C=O) groups is 1. The Morgan fingerprint density at radius 1 is 1.35 bits per heavy atom. The first-order valence-corrected chi connectivity index (χ1v) is 8.92. The topological polar surface area (TPSA) is 48.6 Å². The smallest absolute Gasteiger partial charge is 0.255 e. The van der Waals surface area contributed by atoms with Gasteiger partial charge in [-0.3, -0.25) is 9.69 Å². The van der Waals surface area contributed by atoms with Crippen molar-refractivity contribution in [1.29, 1.82) is 0 Å². The number of ether oxygens (including phenoxy) is 1. The van der Waals surface area contributed by atoms with Crippen molar-refractivity contribution >= 4 is 5.91 Å². The first-order chi connectivity index (χ1) is 11.1. The van der Waals surface area contributed by atoms with E-state index in [1.807, 2.05) is 12.3 Å². The van der Waals surface area contributed by atoms with Gasteiger partial charge in [-0.05, 0) is 30.7 Å². The van der Waals surface area contributed by atoms with Crippen LogP contribution in [0.5, 0.6) is 0 Å². The molecule has 3 rings (SSSR count). The van der Waals surface area contributed by atoms with Crippen LogP contribution >= 0.6 is 0 Å². The van der Waals surface area contributed by atoms with Crippen LogP contribution in [0.4, 0.5) is 0 Å². The Kier molecular flexibility index (Phi) is 5.38. The average Bonchev–Trinajstić information content (AvgIpc) is 3.05. The lowest BCUT2D eigenvalue weighted by molar-refractivity contribution is 0.0223. The Balaban J connectivity index is 1.61. The Bertz CT molecular complexity index is 520. The van der Waals surface area contributed by atoms with Crippen molar-refractivity contribution in [3.8, 4) is 0 Å². The van der Waals surface area contributed by atoms with Crippen molar-refractivity contribution in [3.63, 3.8) is 0 Å². The number of morpholine rings is 1. The maximum absolute atomic E-state index is 12.9. The Labute approximate surface area is 139 Å². The molecule has 0 radical (unpaired) electrons. The molecule has 128 valence electrons. The van der Waals surface area contributed by atoms with Crippen LogP contribution in [0, 0.1) is 5.92 Å². The third-order valence-corrected chi connectivity index (χ3v) is 5.01. The summed E-state index contributed by atoms with van der Waals surface area (Å²) in [6, 6.07) is 1.93. The SMILES string of the molecule is CC(C)c1[nH]ccc1C(=O)N1CCCC(CN2CCOCC2)C1. The van der Waals surface area contributed by atoms with Gasteiger partial charge in [-0.1, -0.05) is 13.8 Å². The molecule has 1 N–H and O–H groups in total. The first kappa shape index (κ1) is 16.5. The van der Waals surface area contributed by atoms with Gasteiger partial charge in [-0.15, -0.1) is 0 Å². The molecule has 2 saturated heterocycles. The zero-order valence-corrected chi connectivity index (χ0v) is 14.4. The van der Waals surface area contributed by atoms with Crippen molar-refractivity contribution < 1.29 is 9.53 Å². The van der Waals surface area contributed by atoms with E-state index in [4.69, 9.17) is 4.74 Å². The number of rotatable bonds is 4. The maximum atomic E-state index is 12.9. The van der Waals surface area contributed by atoms with Crippen LogP contribution in [-0.2, 0) is 4.74 Å². The Morgan fingerprint density at radius 3 is 2.87 bits per heavy atom. The van der Waals surface area contributed by atoms with Crippen LogP contribution in [0.3, 0.4) is 0 Å². The van der Waals surface area contributed by atoms with E-state index in [0.29, 0.717) is 11.8 Å². The van der Waals surface area contributed by atoms with Crippen LogP contribution in [0.2, 0.25) is 0 Å². The number of nitrogens with one attached hydrogen (secondary N) is 1. The summed E-state index contributed by atoms with van der Waals surface area (Å²) < 4.78 is 5.42. The molecule has 0 aromatic carbocycles. The van der Waals surface area contributed by atoms with E-state index in [2.05, 4.69) is 28.6 Å². The molecule has 1 atom stereocenters. The largest absolute Gasteiger partial charge is 0.379 e. The second-order valence-electron chi connectivity index (χ2n) is 7.13. The molecule has 2 aliphatic rings. The molecule has 5 nitrogen and oxygen atoms in total. The van der Waals surface area contributed by atoms with Gasteiger partial charge in [-0.25, -0.2) is 0 Å². The van der Waals surface area contributed by atoms with Gasteiger partial charge in [0.1, 0.15) is 0 Å². The Morgan fingerprint density at radius 2 is 2.13 bits per heavy atom. The molecular weight excluding hydrogens is 290 g/mol. The lowest BCUT2D eigenvalue weighted by Crippen LogP contribution is -2.46. The van der Waals surface area contributed by atoms with Crippen LogP contribution in [-0.4, -0.2) is 66.6 Å². The van der Waals surface area contributed by atoms with Gasteiger partial charge >= 0.3 is 0 Å². The number of likely N-dealkylation sites (tertiary alicyclic amines) is 1. The van der Waals surface area contributed by atoms with Gasteiger partial charge < -0.3 is 14.6 Å². The average molecular weight is 319 g/mol. The fraction of sp³-hybridized carbons (Fsp3) is 0.722. The van der Waals surface area contributed by atoms with Crippen LogP contribution in [0.25, 0.3) is 0 Å². The summed E-state index contributed by atoms with van der Waals surface area (Å²) in [6.45, 7) is 10.9. The third-order valence-electron chi connectivity index (χ3n) is 5.01. The molecule has 2 aliphatic heterocycles. The fourth-order valence-corrected chi connectivity index (χ4v) is 3.76. The minimum atomic E-state index is 0.196. The highest BCUT2D eigenvalue weighted by Gasteiger charge is 2.28. The number of hydrogen-bond donors (Lipinski definition) is 1. The van der Waals surface area contributed by atoms with E-state index in [1.165, 1.54) is 6.42 Å². The number of amides is 1.